The van der Waals surface area contributed by atoms with E-state index in [0.717, 1.165) is 30.0 Å². The largest absolute Gasteiger partial charge is 0.490 e. The van der Waals surface area contributed by atoms with Crippen LogP contribution in [0.1, 0.15) is 10.4 Å². The molecule has 0 radical (unpaired) electrons. The smallest absolute Gasteiger partial charge is 0.340 e. The first-order valence-electron chi connectivity index (χ1n) is 9.39. The molecule has 32 heavy (non-hydrogen) atoms. The minimum absolute atomic E-state index is 0.144. The first-order valence-corrected chi connectivity index (χ1v) is 9.39. The van der Waals surface area contributed by atoms with E-state index in [1.54, 1.807) is 6.07 Å². The van der Waals surface area contributed by atoms with Gasteiger partial charge in [0.2, 0.25) is 0 Å². The number of aliphatic hydroxyl groups excluding tert-OH is 1. The number of methoxy groups -OCH3 is 1. The Kier molecular flexibility index (Phi) is 6.80. The summed E-state index contributed by atoms with van der Waals surface area (Å²) >= 11 is 0. The van der Waals surface area contributed by atoms with Gasteiger partial charge in [-0.15, -0.1) is 0 Å². The highest BCUT2D eigenvalue weighted by Gasteiger charge is 2.28. The van der Waals surface area contributed by atoms with Gasteiger partial charge in [-0.2, -0.15) is 0 Å². The summed E-state index contributed by atoms with van der Waals surface area (Å²) in [6, 6.07) is 14.6. The predicted octanol–water partition coefficient (Wildman–Crippen LogP) is 3.29. The second-order valence-corrected chi connectivity index (χ2v) is 6.72. The molecule has 0 aliphatic carbocycles. The maximum atomic E-state index is 12.1. The van der Waals surface area contributed by atoms with Crippen LogP contribution in [0.5, 0.6) is 5.75 Å². The Bertz CT molecular complexity index is 1180. The van der Waals surface area contributed by atoms with Gasteiger partial charge in [0, 0.05) is 18.0 Å². The number of carbonyl (C=O) groups excluding carboxylic acids is 1. The number of nitro groups is 2. The van der Waals surface area contributed by atoms with Crippen molar-refractivity contribution >= 4 is 33.8 Å². The minimum atomic E-state index is -1.12. The maximum Gasteiger partial charge on any atom is 0.340 e. The third kappa shape index (κ3) is 4.90. The molecule has 166 valence electrons. The lowest BCUT2D eigenvalue weighted by Gasteiger charge is -2.16. The normalized spacial score (nSPS) is 11.6. The van der Waals surface area contributed by atoms with Crippen LogP contribution >= 0.6 is 0 Å². The lowest BCUT2D eigenvalue weighted by atomic mass is 10.1. The van der Waals surface area contributed by atoms with E-state index in [9.17, 15) is 30.1 Å². The van der Waals surface area contributed by atoms with Crippen molar-refractivity contribution in [3.63, 3.8) is 0 Å². The summed E-state index contributed by atoms with van der Waals surface area (Å²) < 4.78 is 10.3. The molecule has 0 saturated heterocycles. The van der Waals surface area contributed by atoms with Gasteiger partial charge in [-0.3, -0.25) is 20.2 Å². The quantitative estimate of drug-likeness (QED) is 0.289. The molecule has 0 bridgehead atoms. The fraction of sp³-hybridized carbons (Fsp3) is 0.190. The molecule has 0 spiro atoms. The highest BCUT2D eigenvalue weighted by Crippen LogP contribution is 2.34. The van der Waals surface area contributed by atoms with Gasteiger partial charge in [0.05, 0.1) is 28.6 Å². The average Bonchev–Trinajstić information content (AvgIpc) is 2.80. The number of esters is 1. The lowest BCUT2D eigenvalue weighted by Crippen LogP contribution is -2.27. The number of anilines is 1. The van der Waals surface area contributed by atoms with Crippen molar-refractivity contribution in [3.8, 4) is 5.75 Å². The zero-order valence-corrected chi connectivity index (χ0v) is 16.9. The van der Waals surface area contributed by atoms with Crippen LogP contribution in [-0.4, -0.2) is 47.3 Å². The van der Waals surface area contributed by atoms with Gasteiger partial charge in [-0.05, 0) is 11.5 Å². The maximum absolute atomic E-state index is 12.1. The second kappa shape index (κ2) is 9.71. The number of non-ortho nitro benzene ring substituents is 1. The Balaban J connectivity index is 1.78. The van der Waals surface area contributed by atoms with Crippen molar-refractivity contribution in [1.82, 2.24) is 0 Å². The molecule has 11 nitrogen and oxygen atoms in total. The van der Waals surface area contributed by atoms with Crippen molar-refractivity contribution in [2.75, 3.05) is 25.6 Å². The number of aliphatic hydroxyl groups is 1. The van der Waals surface area contributed by atoms with E-state index < -0.39 is 38.9 Å². The highest BCUT2D eigenvalue weighted by atomic mass is 16.6. The average molecular weight is 441 g/mol. The summed E-state index contributed by atoms with van der Waals surface area (Å²) in [4.78, 5) is 32.9. The van der Waals surface area contributed by atoms with E-state index in [1.165, 1.54) is 0 Å². The van der Waals surface area contributed by atoms with Crippen LogP contribution in [0, 0.1) is 20.2 Å². The number of nitrogens with zero attached hydrogens (tertiary/aromatic N) is 2. The summed E-state index contributed by atoms with van der Waals surface area (Å²) in [7, 11) is 1.05. The zero-order valence-electron chi connectivity index (χ0n) is 16.9. The molecule has 0 aliphatic heterocycles. The van der Waals surface area contributed by atoms with Gasteiger partial charge in [-0.25, -0.2) is 4.79 Å². The van der Waals surface area contributed by atoms with E-state index in [-0.39, 0.29) is 18.8 Å². The van der Waals surface area contributed by atoms with E-state index >= 15 is 0 Å². The Morgan fingerprint density at radius 1 is 1.09 bits per heavy atom. The molecule has 0 aromatic heterocycles. The Labute approximate surface area is 181 Å². The molecule has 3 aromatic carbocycles. The van der Waals surface area contributed by atoms with Crippen LogP contribution in [0.15, 0.2) is 54.6 Å². The third-order valence-corrected chi connectivity index (χ3v) is 4.61. The van der Waals surface area contributed by atoms with Crippen molar-refractivity contribution in [1.29, 1.82) is 0 Å². The first-order chi connectivity index (χ1) is 15.3. The molecule has 0 heterocycles. The van der Waals surface area contributed by atoms with Crippen LogP contribution in [0.2, 0.25) is 0 Å². The molecule has 11 heteroatoms. The number of rotatable bonds is 9. The summed E-state index contributed by atoms with van der Waals surface area (Å²) in [5, 5.41) is 37.3. The van der Waals surface area contributed by atoms with Crippen molar-refractivity contribution in [2.45, 2.75) is 6.10 Å². The molecule has 0 amide bonds. The molecule has 3 rings (SSSR count). The number of fused-ring (bicyclic) bond motifs is 1. The fourth-order valence-electron chi connectivity index (χ4n) is 3.10. The van der Waals surface area contributed by atoms with Crippen LogP contribution < -0.4 is 10.1 Å². The molecular formula is C21H19N3O8. The summed E-state index contributed by atoms with van der Waals surface area (Å²) in [6.45, 7) is -0.372. The SMILES string of the molecule is COC(=O)c1cc([N+](=O)[O-])cc([N+](=O)[O-])c1NCC(O)COc1cccc2ccccc12. The zero-order chi connectivity index (χ0) is 23.3. The monoisotopic (exact) mass is 441 g/mol. The van der Waals surface area contributed by atoms with Crippen molar-refractivity contribution < 1.29 is 29.2 Å². The number of nitro benzene ring substituents is 2. The first kappa shape index (κ1) is 22.4. The third-order valence-electron chi connectivity index (χ3n) is 4.61. The number of carbonyl (C=O) groups is 1. The fourth-order valence-corrected chi connectivity index (χ4v) is 3.10. The van der Waals surface area contributed by atoms with Gasteiger partial charge in [-0.1, -0.05) is 36.4 Å². The molecule has 1 atom stereocenters. The van der Waals surface area contributed by atoms with Gasteiger partial charge >= 0.3 is 5.97 Å². The highest BCUT2D eigenvalue weighted by molar-refractivity contribution is 5.99. The van der Waals surface area contributed by atoms with Gasteiger partial charge in [0.15, 0.2) is 0 Å². The molecular weight excluding hydrogens is 422 g/mol. The molecule has 2 N–H and O–H groups in total. The number of hydrogen-bond acceptors (Lipinski definition) is 9. The molecule has 0 saturated carbocycles. The second-order valence-electron chi connectivity index (χ2n) is 6.72. The number of benzene rings is 3. The van der Waals surface area contributed by atoms with Gasteiger partial charge in [0.1, 0.15) is 24.1 Å². The van der Waals surface area contributed by atoms with E-state index in [2.05, 4.69) is 10.1 Å². The predicted molar refractivity (Wildman–Crippen MR) is 115 cm³/mol. The Morgan fingerprint density at radius 2 is 1.81 bits per heavy atom. The van der Waals surface area contributed by atoms with Crippen LogP contribution in [0.3, 0.4) is 0 Å². The van der Waals surface area contributed by atoms with Gasteiger partial charge < -0.3 is 19.9 Å². The van der Waals surface area contributed by atoms with Crippen LogP contribution in [-0.2, 0) is 4.74 Å². The van der Waals surface area contributed by atoms with E-state index in [0.29, 0.717) is 5.75 Å². The Morgan fingerprint density at radius 3 is 2.50 bits per heavy atom. The minimum Gasteiger partial charge on any atom is -0.490 e. The molecule has 0 aliphatic rings. The molecule has 1 unspecified atom stereocenters. The van der Waals surface area contributed by atoms with Crippen molar-refractivity contribution in [2.24, 2.45) is 0 Å². The summed E-state index contributed by atoms with van der Waals surface area (Å²) in [5.41, 5.74) is -2.02. The Hall–Kier alpha value is -4.25. The summed E-state index contributed by atoms with van der Waals surface area (Å²) in [5.74, 6) is -0.445. The number of hydrogen-bond donors (Lipinski definition) is 2. The lowest BCUT2D eigenvalue weighted by molar-refractivity contribution is -0.393. The topological polar surface area (TPSA) is 154 Å². The van der Waals surface area contributed by atoms with Crippen LogP contribution in [0.4, 0.5) is 17.1 Å². The molecule has 3 aromatic rings. The van der Waals surface area contributed by atoms with Crippen molar-refractivity contribution in [3.05, 3.63) is 80.4 Å². The summed E-state index contributed by atoms with van der Waals surface area (Å²) in [6.07, 6.45) is -1.12. The van der Waals surface area contributed by atoms with E-state index in [4.69, 9.17) is 4.74 Å². The standard InChI is InChI=1S/C21H19N3O8/c1-31-21(26)17-9-14(23(27)28)10-18(24(29)30)20(17)22-11-15(25)12-32-19-8-4-6-13-5-2-3-7-16(13)19/h2-10,15,22,25H,11-12H2,1H3. The van der Waals surface area contributed by atoms with E-state index in [1.807, 2.05) is 36.4 Å². The van der Waals surface area contributed by atoms with Gasteiger partial charge in [0.25, 0.3) is 11.4 Å². The molecule has 0 fully saturated rings. The number of nitrogens with one attached hydrogen (secondary N) is 1. The van der Waals surface area contributed by atoms with Crippen LogP contribution in [0.25, 0.3) is 10.8 Å². The number of ether oxygens (including phenoxy) is 2.